The van der Waals surface area contributed by atoms with E-state index in [9.17, 15) is 29.3 Å². The number of carbonyl (C=O) groups excluding carboxylic acids is 4. The predicted molar refractivity (Wildman–Crippen MR) is 114 cm³/mol. The minimum absolute atomic E-state index is 0.0834. The Morgan fingerprint density at radius 2 is 1.61 bits per heavy atom. The first-order chi connectivity index (χ1) is 15.8. The molecule has 1 heterocycles. The van der Waals surface area contributed by atoms with E-state index in [1.807, 2.05) is 12.2 Å². The zero-order valence-corrected chi connectivity index (χ0v) is 17.2. The van der Waals surface area contributed by atoms with Gasteiger partial charge in [-0.25, -0.2) is 9.69 Å². The molecule has 0 spiro atoms. The van der Waals surface area contributed by atoms with Crippen molar-refractivity contribution in [3.05, 3.63) is 81.9 Å². The van der Waals surface area contributed by atoms with E-state index in [4.69, 9.17) is 4.74 Å². The molecule has 33 heavy (non-hydrogen) atoms. The Morgan fingerprint density at radius 1 is 0.970 bits per heavy atom. The van der Waals surface area contributed by atoms with Gasteiger partial charge in [-0.15, -0.1) is 0 Å². The fourth-order valence-corrected chi connectivity index (χ4v) is 5.00. The van der Waals surface area contributed by atoms with Crippen LogP contribution in [0.2, 0.25) is 0 Å². The number of allylic oxidation sites excluding steroid dienone is 2. The normalized spacial score (nSPS) is 24.8. The Morgan fingerprint density at radius 3 is 2.21 bits per heavy atom. The minimum atomic E-state index is -0.784. The third-order valence-corrected chi connectivity index (χ3v) is 6.54. The summed E-state index contributed by atoms with van der Waals surface area (Å²) in [6.07, 6.45) is 4.85. The van der Waals surface area contributed by atoms with Gasteiger partial charge in [0.2, 0.25) is 11.8 Å². The zero-order chi connectivity index (χ0) is 23.3. The van der Waals surface area contributed by atoms with Crippen molar-refractivity contribution in [1.29, 1.82) is 0 Å². The van der Waals surface area contributed by atoms with Gasteiger partial charge in [0.25, 0.3) is 5.69 Å². The average molecular weight is 446 g/mol. The molecule has 1 aliphatic heterocycles. The van der Waals surface area contributed by atoms with E-state index >= 15 is 0 Å². The smallest absolute Gasteiger partial charge is 0.338 e. The molecule has 0 aromatic heterocycles. The summed E-state index contributed by atoms with van der Waals surface area (Å²) >= 11 is 0. The summed E-state index contributed by atoms with van der Waals surface area (Å²) in [6.45, 7) is -0.554. The molecular formula is C24H18N2O7. The number of rotatable bonds is 6. The molecule has 1 saturated carbocycles. The average Bonchev–Trinajstić information content (AvgIpc) is 3.51. The van der Waals surface area contributed by atoms with Gasteiger partial charge in [-0.1, -0.05) is 18.2 Å². The number of benzene rings is 2. The van der Waals surface area contributed by atoms with Gasteiger partial charge < -0.3 is 4.74 Å². The number of nitro groups is 1. The molecule has 9 heteroatoms. The predicted octanol–water partition coefficient (Wildman–Crippen LogP) is 2.95. The number of fused-ring (bicyclic) bond motifs is 5. The number of nitro benzene ring substituents is 1. The molecule has 2 aromatic rings. The monoisotopic (exact) mass is 446 g/mol. The van der Waals surface area contributed by atoms with Crippen LogP contribution in [0.15, 0.2) is 60.7 Å². The van der Waals surface area contributed by atoms with Crippen molar-refractivity contribution >= 4 is 34.9 Å². The van der Waals surface area contributed by atoms with E-state index in [1.54, 1.807) is 12.1 Å². The Labute approximate surface area is 187 Å². The number of esters is 1. The van der Waals surface area contributed by atoms with Gasteiger partial charge in [0.05, 0.1) is 28.0 Å². The first-order valence-electron chi connectivity index (χ1n) is 10.5. The molecule has 2 bridgehead atoms. The first-order valence-corrected chi connectivity index (χ1v) is 10.5. The van der Waals surface area contributed by atoms with Crippen molar-refractivity contribution in [1.82, 2.24) is 0 Å². The fourth-order valence-electron chi connectivity index (χ4n) is 5.00. The van der Waals surface area contributed by atoms with Crippen molar-refractivity contribution in [2.24, 2.45) is 23.7 Å². The Balaban J connectivity index is 1.27. The summed E-state index contributed by atoms with van der Waals surface area (Å²) in [4.78, 5) is 62.0. The van der Waals surface area contributed by atoms with Gasteiger partial charge in [0.15, 0.2) is 12.4 Å². The second-order valence-corrected chi connectivity index (χ2v) is 8.37. The highest BCUT2D eigenvalue weighted by Crippen LogP contribution is 2.53. The van der Waals surface area contributed by atoms with Gasteiger partial charge in [-0.2, -0.15) is 0 Å². The molecule has 3 aliphatic rings. The Hall–Kier alpha value is -4.14. The lowest BCUT2D eigenvalue weighted by Crippen LogP contribution is -2.33. The first kappa shape index (κ1) is 20.7. The molecule has 4 atom stereocenters. The number of amides is 2. The standard InChI is InChI=1S/C24H18N2O7/c27-19(13-6-8-17(9-7-13)26(31)32)12-33-24(30)16-2-1-3-18(11-16)25-22(28)20-14-4-5-15(10-14)21(20)23(25)29/h1-9,11,14-15,20-21H,10,12H2. The third-order valence-electron chi connectivity index (χ3n) is 6.54. The number of anilines is 1. The van der Waals surface area contributed by atoms with E-state index in [0.717, 1.165) is 11.3 Å². The maximum Gasteiger partial charge on any atom is 0.338 e. The summed E-state index contributed by atoms with van der Waals surface area (Å²) in [5.41, 5.74) is 0.419. The van der Waals surface area contributed by atoms with Gasteiger partial charge in [0.1, 0.15) is 0 Å². The number of non-ortho nitro benzene ring substituents is 1. The molecule has 2 aromatic carbocycles. The van der Waals surface area contributed by atoms with Crippen LogP contribution in [0.1, 0.15) is 27.1 Å². The number of ketones is 1. The van der Waals surface area contributed by atoms with Crippen LogP contribution in [0.25, 0.3) is 0 Å². The summed E-state index contributed by atoms with van der Waals surface area (Å²) in [5.74, 6) is -2.32. The second-order valence-electron chi connectivity index (χ2n) is 8.37. The van der Waals surface area contributed by atoms with Gasteiger partial charge >= 0.3 is 5.97 Å². The second kappa shape index (κ2) is 7.77. The molecule has 0 radical (unpaired) electrons. The van der Waals surface area contributed by atoms with Crippen LogP contribution in [-0.4, -0.2) is 35.1 Å². The van der Waals surface area contributed by atoms with Crippen LogP contribution in [0, 0.1) is 33.8 Å². The number of nitrogens with zero attached hydrogens (tertiary/aromatic N) is 2. The quantitative estimate of drug-likeness (QED) is 0.167. The fraction of sp³-hybridized carbons (Fsp3) is 0.250. The molecular weight excluding hydrogens is 428 g/mol. The molecule has 2 amide bonds. The summed E-state index contributed by atoms with van der Waals surface area (Å²) in [6, 6.07) is 11.0. The number of carbonyl (C=O) groups is 4. The highest BCUT2D eigenvalue weighted by atomic mass is 16.6. The SMILES string of the molecule is O=C(COC(=O)c1cccc(N2C(=O)C3C4C=CC(C4)C3C2=O)c1)c1ccc([N+](=O)[O-])cc1. The molecule has 4 unspecified atom stereocenters. The van der Waals surface area contributed by atoms with E-state index in [0.29, 0.717) is 5.69 Å². The van der Waals surface area contributed by atoms with Crippen LogP contribution in [0.5, 0.6) is 0 Å². The van der Waals surface area contributed by atoms with E-state index < -0.39 is 23.3 Å². The molecule has 5 rings (SSSR count). The van der Waals surface area contributed by atoms with E-state index in [-0.39, 0.29) is 52.3 Å². The number of imide groups is 1. The molecule has 166 valence electrons. The molecule has 2 fully saturated rings. The van der Waals surface area contributed by atoms with Gasteiger partial charge in [0, 0.05) is 17.7 Å². The zero-order valence-electron chi connectivity index (χ0n) is 17.2. The number of ether oxygens (including phenoxy) is 1. The van der Waals surface area contributed by atoms with Crippen LogP contribution in [0.4, 0.5) is 11.4 Å². The topological polar surface area (TPSA) is 124 Å². The number of hydrogen-bond acceptors (Lipinski definition) is 7. The third kappa shape index (κ3) is 3.42. The maximum atomic E-state index is 13.0. The van der Waals surface area contributed by atoms with Crippen LogP contribution in [0.3, 0.4) is 0 Å². The summed E-state index contributed by atoms with van der Waals surface area (Å²) in [5, 5.41) is 10.7. The van der Waals surface area contributed by atoms with Crippen molar-refractivity contribution in [3.8, 4) is 0 Å². The van der Waals surface area contributed by atoms with E-state index in [2.05, 4.69) is 0 Å². The minimum Gasteiger partial charge on any atom is -0.454 e. The van der Waals surface area contributed by atoms with Crippen molar-refractivity contribution < 1.29 is 28.8 Å². The van der Waals surface area contributed by atoms with Crippen LogP contribution in [-0.2, 0) is 14.3 Å². The largest absolute Gasteiger partial charge is 0.454 e. The van der Waals surface area contributed by atoms with Crippen molar-refractivity contribution in [2.45, 2.75) is 6.42 Å². The highest BCUT2D eigenvalue weighted by Gasteiger charge is 2.59. The van der Waals surface area contributed by atoms with Gasteiger partial charge in [-0.05, 0) is 48.6 Å². The maximum absolute atomic E-state index is 13.0. The van der Waals surface area contributed by atoms with Crippen LogP contribution < -0.4 is 4.90 Å². The lowest BCUT2D eigenvalue weighted by Gasteiger charge is -2.18. The van der Waals surface area contributed by atoms with Crippen molar-refractivity contribution in [3.63, 3.8) is 0 Å². The Bertz CT molecular complexity index is 1200. The molecule has 9 nitrogen and oxygen atoms in total. The summed E-state index contributed by atoms with van der Waals surface area (Å²) < 4.78 is 5.09. The lowest BCUT2D eigenvalue weighted by molar-refractivity contribution is -0.384. The number of Topliss-reactive ketones (excluding diaryl/α,β-unsaturated/α-hetero) is 1. The highest BCUT2D eigenvalue weighted by molar-refractivity contribution is 6.23. The van der Waals surface area contributed by atoms with Crippen molar-refractivity contribution in [2.75, 3.05) is 11.5 Å². The molecule has 1 saturated heterocycles. The lowest BCUT2D eigenvalue weighted by atomic mass is 9.85. The molecule has 2 aliphatic carbocycles. The molecule has 0 N–H and O–H groups in total. The summed E-state index contributed by atoms with van der Waals surface area (Å²) in [7, 11) is 0. The van der Waals surface area contributed by atoms with E-state index in [1.165, 1.54) is 36.4 Å². The van der Waals surface area contributed by atoms with Gasteiger partial charge in [-0.3, -0.25) is 24.5 Å². The Kier molecular flexibility index (Phi) is 4.88. The number of hydrogen-bond donors (Lipinski definition) is 0. The van der Waals surface area contributed by atoms with Crippen LogP contribution >= 0.6 is 0 Å².